The molecule has 0 saturated carbocycles. The summed E-state index contributed by atoms with van der Waals surface area (Å²) in [7, 11) is 0. The van der Waals surface area contributed by atoms with E-state index in [2.05, 4.69) is 16.1 Å². The van der Waals surface area contributed by atoms with Gasteiger partial charge in [0.05, 0.1) is 11.0 Å². The average molecular weight is 373 g/mol. The molecule has 0 aliphatic carbocycles. The minimum absolute atomic E-state index is 0.476. The number of piperidine rings is 1. The maximum Gasteiger partial charge on any atom is 0.167 e. The highest BCUT2D eigenvalue weighted by Crippen LogP contribution is 2.26. The van der Waals surface area contributed by atoms with Crippen molar-refractivity contribution >= 4 is 22.6 Å². The fourth-order valence-corrected chi connectivity index (χ4v) is 3.54. The Bertz CT molecular complexity index is 993. The summed E-state index contributed by atoms with van der Waals surface area (Å²) in [6.07, 6.45) is 5.76. The molecule has 3 aromatic rings. The molecule has 0 atom stereocenters. The first-order valence-electron chi connectivity index (χ1n) is 9.75. The van der Waals surface area contributed by atoms with Gasteiger partial charge in [0.25, 0.3) is 0 Å². The number of hydrogen-bond donors (Lipinski definition) is 0. The number of benzene rings is 2. The van der Waals surface area contributed by atoms with Gasteiger partial charge in [-0.2, -0.15) is 5.26 Å². The topological polar surface area (TPSA) is 62.3 Å². The molecule has 0 radical (unpaired) electrons. The van der Waals surface area contributed by atoms with E-state index in [1.54, 1.807) is 0 Å². The number of likely N-dealkylation sites (tertiary alicyclic amines) is 1. The third-order valence-electron chi connectivity index (χ3n) is 5.07. The SMILES string of the molecule is N#C/C(=C\c1ccc(OCCN2CCCCC2)cc1)c1noc2ccccc12. The zero-order valence-electron chi connectivity index (χ0n) is 15.8. The standard InChI is InChI=1S/C23H23N3O2/c24-17-19(23-21-6-2-3-7-22(21)28-25-23)16-18-8-10-20(11-9-18)27-15-14-26-12-4-1-5-13-26/h2-3,6-11,16H,1,4-5,12-15H2/b19-16+. The zero-order valence-corrected chi connectivity index (χ0v) is 15.8. The van der Waals surface area contributed by atoms with Gasteiger partial charge < -0.3 is 9.26 Å². The van der Waals surface area contributed by atoms with Crippen molar-refractivity contribution in [2.45, 2.75) is 19.3 Å². The number of aromatic nitrogens is 1. The Morgan fingerprint density at radius 3 is 2.68 bits per heavy atom. The Balaban J connectivity index is 1.42. The number of nitrogens with zero attached hydrogens (tertiary/aromatic N) is 3. The summed E-state index contributed by atoms with van der Waals surface area (Å²) in [5.41, 5.74) is 2.65. The van der Waals surface area contributed by atoms with Crippen molar-refractivity contribution in [1.82, 2.24) is 10.1 Å². The molecule has 2 heterocycles. The molecule has 2 aromatic carbocycles. The molecule has 5 nitrogen and oxygen atoms in total. The van der Waals surface area contributed by atoms with Gasteiger partial charge in [-0.1, -0.05) is 35.8 Å². The van der Waals surface area contributed by atoms with E-state index in [9.17, 15) is 5.26 Å². The summed E-state index contributed by atoms with van der Waals surface area (Å²) in [6.45, 7) is 4.03. The maximum atomic E-state index is 9.58. The zero-order chi connectivity index (χ0) is 19.2. The molecule has 142 valence electrons. The van der Waals surface area contributed by atoms with Crippen molar-refractivity contribution in [1.29, 1.82) is 5.26 Å². The number of ether oxygens (including phenoxy) is 1. The Hall–Kier alpha value is -3.10. The van der Waals surface area contributed by atoms with E-state index in [0.717, 1.165) is 23.2 Å². The number of nitriles is 1. The largest absolute Gasteiger partial charge is 0.492 e. The lowest BCUT2D eigenvalue weighted by molar-refractivity contribution is 0.183. The predicted molar refractivity (Wildman–Crippen MR) is 110 cm³/mol. The maximum absolute atomic E-state index is 9.58. The summed E-state index contributed by atoms with van der Waals surface area (Å²) in [6, 6.07) is 17.6. The van der Waals surface area contributed by atoms with Crippen molar-refractivity contribution in [2.75, 3.05) is 26.2 Å². The Morgan fingerprint density at radius 1 is 1.11 bits per heavy atom. The van der Waals surface area contributed by atoms with Crippen LogP contribution >= 0.6 is 0 Å². The van der Waals surface area contributed by atoms with Crippen molar-refractivity contribution in [2.24, 2.45) is 0 Å². The molecule has 0 spiro atoms. The second kappa shape index (κ2) is 8.73. The minimum Gasteiger partial charge on any atom is -0.492 e. The monoisotopic (exact) mass is 373 g/mol. The van der Waals surface area contributed by atoms with Gasteiger partial charge >= 0.3 is 0 Å². The smallest absolute Gasteiger partial charge is 0.167 e. The van der Waals surface area contributed by atoms with Gasteiger partial charge in [-0.3, -0.25) is 4.90 Å². The predicted octanol–water partition coefficient (Wildman–Crippen LogP) is 4.76. The van der Waals surface area contributed by atoms with E-state index < -0.39 is 0 Å². The molecule has 1 fully saturated rings. The van der Waals surface area contributed by atoms with Crippen LogP contribution in [0.3, 0.4) is 0 Å². The first-order chi connectivity index (χ1) is 13.8. The third-order valence-corrected chi connectivity index (χ3v) is 5.07. The van der Waals surface area contributed by atoms with E-state index in [-0.39, 0.29) is 0 Å². The molecular formula is C23H23N3O2. The summed E-state index contributed by atoms with van der Waals surface area (Å²) in [5.74, 6) is 0.847. The van der Waals surface area contributed by atoms with E-state index in [4.69, 9.17) is 9.26 Å². The summed E-state index contributed by atoms with van der Waals surface area (Å²) < 4.78 is 11.2. The van der Waals surface area contributed by atoms with Crippen molar-refractivity contribution in [3.05, 3.63) is 59.8 Å². The number of hydrogen-bond acceptors (Lipinski definition) is 5. The van der Waals surface area contributed by atoms with Crippen molar-refractivity contribution in [3.8, 4) is 11.8 Å². The summed E-state index contributed by atoms with van der Waals surface area (Å²) in [5, 5.41) is 14.5. The van der Waals surface area contributed by atoms with Crippen molar-refractivity contribution < 1.29 is 9.26 Å². The van der Waals surface area contributed by atoms with Gasteiger partial charge in [-0.05, 0) is 61.8 Å². The van der Waals surface area contributed by atoms with Crippen LogP contribution in [0.2, 0.25) is 0 Å². The Labute approximate surface area is 164 Å². The Morgan fingerprint density at radius 2 is 1.89 bits per heavy atom. The van der Waals surface area contributed by atoms with Crippen molar-refractivity contribution in [3.63, 3.8) is 0 Å². The fraction of sp³-hybridized carbons (Fsp3) is 0.304. The van der Waals surface area contributed by atoms with Gasteiger partial charge in [-0.25, -0.2) is 0 Å². The summed E-state index contributed by atoms with van der Waals surface area (Å²) in [4.78, 5) is 2.46. The highest BCUT2D eigenvalue weighted by molar-refractivity contribution is 5.98. The molecule has 0 bridgehead atoms. The molecule has 4 rings (SSSR count). The van der Waals surface area contributed by atoms with Crippen LogP contribution in [-0.2, 0) is 0 Å². The average Bonchev–Trinajstić information content (AvgIpc) is 3.18. The van der Waals surface area contributed by atoms with Gasteiger partial charge in [0.15, 0.2) is 5.58 Å². The minimum atomic E-state index is 0.476. The highest BCUT2D eigenvalue weighted by atomic mass is 16.5. The first kappa shape index (κ1) is 18.3. The molecule has 0 unspecified atom stereocenters. The van der Waals surface area contributed by atoms with E-state index in [1.165, 1.54) is 32.4 Å². The third kappa shape index (κ3) is 4.24. The van der Waals surface area contributed by atoms with Crippen LogP contribution in [0.4, 0.5) is 0 Å². The summed E-state index contributed by atoms with van der Waals surface area (Å²) >= 11 is 0. The highest BCUT2D eigenvalue weighted by Gasteiger charge is 2.12. The number of para-hydroxylation sites is 1. The molecule has 1 saturated heterocycles. The molecular weight excluding hydrogens is 350 g/mol. The molecule has 0 N–H and O–H groups in total. The quantitative estimate of drug-likeness (QED) is 0.583. The lowest BCUT2D eigenvalue weighted by Gasteiger charge is -2.26. The second-order valence-corrected chi connectivity index (χ2v) is 7.02. The fourth-order valence-electron chi connectivity index (χ4n) is 3.54. The van der Waals surface area contributed by atoms with Gasteiger partial charge in [-0.15, -0.1) is 0 Å². The Kier molecular flexibility index (Phi) is 5.69. The van der Waals surface area contributed by atoms with E-state index >= 15 is 0 Å². The van der Waals surface area contributed by atoms with Crippen LogP contribution in [0.1, 0.15) is 30.5 Å². The first-order valence-corrected chi connectivity index (χ1v) is 9.75. The molecule has 5 heteroatoms. The van der Waals surface area contributed by atoms with Crippen LogP contribution in [0.5, 0.6) is 5.75 Å². The molecule has 28 heavy (non-hydrogen) atoms. The number of fused-ring (bicyclic) bond motifs is 1. The van der Waals surface area contributed by atoms with Crippen LogP contribution in [0, 0.1) is 11.3 Å². The molecule has 0 amide bonds. The lowest BCUT2D eigenvalue weighted by atomic mass is 10.1. The molecule has 1 aromatic heterocycles. The number of allylic oxidation sites excluding steroid dienone is 1. The molecule has 1 aliphatic heterocycles. The second-order valence-electron chi connectivity index (χ2n) is 7.02. The van der Waals surface area contributed by atoms with E-state index in [1.807, 2.05) is 54.6 Å². The number of rotatable bonds is 6. The molecule has 1 aliphatic rings. The van der Waals surface area contributed by atoms with Crippen LogP contribution in [0.15, 0.2) is 53.1 Å². The van der Waals surface area contributed by atoms with E-state index in [0.29, 0.717) is 23.5 Å². The van der Waals surface area contributed by atoms with Gasteiger partial charge in [0.2, 0.25) is 0 Å². The van der Waals surface area contributed by atoms with Crippen LogP contribution < -0.4 is 4.74 Å². The van der Waals surface area contributed by atoms with Gasteiger partial charge in [0, 0.05) is 6.54 Å². The van der Waals surface area contributed by atoms with Crippen LogP contribution in [-0.4, -0.2) is 36.3 Å². The van der Waals surface area contributed by atoms with Crippen LogP contribution in [0.25, 0.3) is 22.6 Å². The van der Waals surface area contributed by atoms with Gasteiger partial charge in [0.1, 0.15) is 24.1 Å². The normalized spacial score (nSPS) is 15.5. The lowest BCUT2D eigenvalue weighted by Crippen LogP contribution is -2.33.